The molecule has 1 aromatic heterocycles. The van der Waals surface area contributed by atoms with E-state index in [-0.39, 0.29) is 30.2 Å². The predicted octanol–water partition coefficient (Wildman–Crippen LogP) is 0.00760. The Bertz CT molecular complexity index is 1210. The number of ether oxygens (including phenoxy) is 1. The Hall–Kier alpha value is -4.00. The van der Waals surface area contributed by atoms with Crippen LogP contribution in [-0.4, -0.2) is 48.4 Å². The summed E-state index contributed by atoms with van der Waals surface area (Å²) in [5.74, 6) is -2.48. The highest BCUT2D eigenvalue weighted by Crippen LogP contribution is 2.37. The Kier molecular flexibility index (Phi) is 5.05. The van der Waals surface area contributed by atoms with E-state index in [0.717, 1.165) is 6.20 Å². The highest BCUT2D eigenvalue weighted by atomic mass is 32.2. The van der Waals surface area contributed by atoms with Crippen LogP contribution in [0, 0.1) is 0 Å². The molecule has 0 saturated carbocycles. The number of benzene rings is 1. The minimum absolute atomic E-state index is 0.0409. The van der Waals surface area contributed by atoms with E-state index in [2.05, 4.69) is 4.98 Å². The molecule has 2 saturated heterocycles. The van der Waals surface area contributed by atoms with Crippen LogP contribution in [0.5, 0.6) is 11.6 Å². The zero-order chi connectivity index (χ0) is 23.1. The molecule has 0 bridgehead atoms. The summed E-state index contributed by atoms with van der Waals surface area (Å²) in [6, 6.07) is 7.63. The Morgan fingerprint density at radius 3 is 2.28 bits per heavy atom. The summed E-state index contributed by atoms with van der Waals surface area (Å²) in [6.45, 7) is 0. The van der Waals surface area contributed by atoms with Gasteiger partial charge in [0.2, 0.25) is 27.3 Å². The van der Waals surface area contributed by atoms with Gasteiger partial charge in [0.25, 0.3) is 11.8 Å². The molecule has 2 aromatic rings. The molecular formula is C19H17N5O7S. The van der Waals surface area contributed by atoms with E-state index in [1.54, 1.807) is 0 Å². The van der Waals surface area contributed by atoms with Crippen molar-refractivity contribution >= 4 is 39.5 Å². The van der Waals surface area contributed by atoms with Crippen LogP contribution in [-0.2, 0) is 19.6 Å². The predicted molar refractivity (Wildman–Crippen MR) is 109 cm³/mol. The number of nitrogens with one attached hydrogen (secondary N) is 2. The number of barbiturate groups is 1. The highest BCUT2D eigenvalue weighted by molar-refractivity contribution is 7.93. The second-order valence-corrected chi connectivity index (χ2v) is 9.06. The first-order valence-corrected chi connectivity index (χ1v) is 11.0. The minimum atomic E-state index is -4.08. The summed E-state index contributed by atoms with van der Waals surface area (Å²) in [6.07, 6.45) is 1.10. The Balaban J connectivity index is 1.66. The fourth-order valence-corrected chi connectivity index (χ4v) is 5.49. The van der Waals surface area contributed by atoms with Gasteiger partial charge in [-0.15, -0.1) is 0 Å². The lowest BCUT2D eigenvalue weighted by Crippen LogP contribution is -2.75. The van der Waals surface area contributed by atoms with Gasteiger partial charge in [-0.25, -0.2) is 22.5 Å². The van der Waals surface area contributed by atoms with Crippen molar-refractivity contribution in [1.29, 1.82) is 0 Å². The number of sulfonamides is 1. The van der Waals surface area contributed by atoms with E-state index in [1.165, 1.54) is 36.4 Å². The largest absolute Gasteiger partial charge is 0.439 e. The molecule has 3 heterocycles. The number of nitrogens with zero attached hydrogens (tertiary/aromatic N) is 2. The average molecular weight is 459 g/mol. The number of carbonyl (C=O) groups excluding carboxylic acids is 4. The summed E-state index contributed by atoms with van der Waals surface area (Å²) < 4.78 is 32.0. The number of amides is 5. The summed E-state index contributed by atoms with van der Waals surface area (Å²) in [7, 11) is -4.08. The fraction of sp³-hybridized carbons (Fsp3) is 0.211. The number of hydrogen-bond acceptors (Lipinski definition) is 8. The third-order valence-electron chi connectivity index (χ3n) is 5.09. The molecule has 0 atom stereocenters. The van der Waals surface area contributed by atoms with E-state index in [0.29, 0.717) is 15.6 Å². The molecule has 0 radical (unpaired) electrons. The summed E-state index contributed by atoms with van der Waals surface area (Å²) in [5.41, 5.74) is 3.31. The maximum Gasteiger partial charge on any atom is 0.328 e. The number of pyridine rings is 1. The summed E-state index contributed by atoms with van der Waals surface area (Å²) in [4.78, 5) is 52.1. The van der Waals surface area contributed by atoms with Crippen molar-refractivity contribution in [3.63, 3.8) is 0 Å². The van der Waals surface area contributed by atoms with Crippen LogP contribution in [0.4, 0.5) is 10.5 Å². The molecule has 0 aliphatic carbocycles. The van der Waals surface area contributed by atoms with Gasteiger partial charge in [-0.3, -0.25) is 25.0 Å². The number of nitrogens with two attached hydrogens (primary N) is 1. The molecule has 5 amide bonds. The van der Waals surface area contributed by atoms with Gasteiger partial charge in [0.1, 0.15) is 5.75 Å². The Morgan fingerprint density at radius 2 is 1.72 bits per heavy atom. The zero-order valence-corrected chi connectivity index (χ0v) is 17.2. The zero-order valence-electron chi connectivity index (χ0n) is 16.4. The number of anilines is 1. The molecule has 1 aromatic carbocycles. The average Bonchev–Trinajstić information content (AvgIpc) is 2.73. The first kappa shape index (κ1) is 21.2. The second kappa shape index (κ2) is 7.60. The molecule has 2 fully saturated rings. The van der Waals surface area contributed by atoms with Crippen LogP contribution in [0.15, 0.2) is 42.6 Å². The molecule has 2 aliphatic heterocycles. The number of imide groups is 2. The van der Waals surface area contributed by atoms with E-state index in [4.69, 9.17) is 10.5 Å². The normalized spacial score (nSPS) is 19.2. The van der Waals surface area contributed by atoms with Gasteiger partial charge in [-0.1, -0.05) is 0 Å². The molecule has 4 N–H and O–H groups in total. The maximum absolute atomic E-state index is 12.9. The standard InChI is InChI=1S/C19H17N5O7S/c20-15(25)11-2-5-13(6-3-11)31-14-7-4-12(10-21-14)24-19(8-1-9-32(24,29)30)16(26)22-18(28)23-17(19)27/h2-7,10H,1,8-9H2,(H2,20,25)(H2,22,23,26,27,28). The minimum Gasteiger partial charge on any atom is -0.439 e. The maximum atomic E-state index is 12.9. The van der Waals surface area contributed by atoms with Gasteiger partial charge >= 0.3 is 6.03 Å². The number of carbonyl (C=O) groups is 4. The lowest BCUT2D eigenvalue weighted by molar-refractivity contribution is -0.137. The van der Waals surface area contributed by atoms with Crippen molar-refractivity contribution in [2.75, 3.05) is 10.1 Å². The summed E-state index contributed by atoms with van der Waals surface area (Å²) in [5, 5.41) is 3.94. The molecule has 1 spiro atoms. The Labute approximate surface area is 181 Å². The van der Waals surface area contributed by atoms with Gasteiger partial charge < -0.3 is 10.5 Å². The monoisotopic (exact) mass is 459 g/mol. The number of aromatic nitrogens is 1. The quantitative estimate of drug-likeness (QED) is 0.535. The van der Waals surface area contributed by atoms with Crippen molar-refractivity contribution in [2.45, 2.75) is 18.4 Å². The summed E-state index contributed by atoms with van der Waals surface area (Å²) >= 11 is 0. The third-order valence-corrected chi connectivity index (χ3v) is 6.97. The van der Waals surface area contributed by atoms with Gasteiger partial charge in [0.15, 0.2) is 0 Å². The van der Waals surface area contributed by atoms with Gasteiger partial charge in [-0.2, -0.15) is 0 Å². The lowest BCUT2D eigenvalue weighted by Gasteiger charge is -2.45. The van der Waals surface area contributed by atoms with Crippen LogP contribution in [0.1, 0.15) is 23.2 Å². The van der Waals surface area contributed by atoms with E-state index >= 15 is 0 Å². The highest BCUT2D eigenvalue weighted by Gasteiger charge is 2.60. The molecule has 166 valence electrons. The topological polar surface area (TPSA) is 178 Å². The fourth-order valence-electron chi connectivity index (χ4n) is 3.64. The molecule has 2 aliphatic rings. The van der Waals surface area contributed by atoms with Crippen molar-refractivity contribution in [2.24, 2.45) is 5.73 Å². The molecule has 0 unspecified atom stereocenters. The lowest BCUT2D eigenvalue weighted by atomic mass is 9.89. The molecular weight excluding hydrogens is 442 g/mol. The number of urea groups is 1. The number of rotatable bonds is 4. The van der Waals surface area contributed by atoms with E-state index < -0.39 is 39.3 Å². The van der Waals surface area contributed by atoms with E-state index in [9.17, 15) is 27.6 Å². The van der Waals surface area contributed by atoms with Crippen molar-refractivity contribution in [3.05, 3.63) is 48.2 Å². The number of hydrogen-bond donors (Lipinski definition) is 3. The first-order chi connectivity index (χ1) is 15.1. The number of primary amides is 1. The molecule has 13 heteroatoms. The third kappa shape index (κ3) is 3.51. The molecule has 12 nitrogen and oxygen atoms in total. The van der Waals surface area contributed by atoms with Crippen molar-refractivity contribution in [3.8, 4) is 11.6 Å². The van der Waals surface area contributed by atoms with Crippen LogP contribution in [0.25, 0.3) is 0 Å². The van der Waals surface area contributed by atoms with E-state index in [1.807, 2.05) is 10.6 Å². The van der Waals surface area contributed by atoms with Crippen LogP contribution in [0.3, 0.4) is 0 Å². The van der Waals surface area contributed by atoms with Gasteiger partial charge in [0.05, 0.1) is 17.6 Å². The second-order valence-electron chi connectivity index (χ2n) is 7.13. The van der Waals surface area contributed by atoms with Crippen molar-refractivity contribution in [1.82, 2.24) is 15.6 Å². The van der Waals surface area contributed by atoms with Gasteiger partial charge in [0, 0.05) is 11.6 Å². The van der Waals surface area contributed by atoms with Crippen LogP contribution >= 0.6 is 0 Å². The van der Waals surface area contributed by atoms with Gasteiger partial charge in [-0.05, 0) is 43.2 Å². The SMILES string of the molecule is NC(=O)c1ccc(Oc2ccc(N3C4(CCCS3(=O)=O)C(=O)NC(=O)NC4=O)cn2)cc1. The van der Waals surface area contributed by atoms with Crippen LogP contribution < -0.4 is 25.4 Å². The smallest absolute Gasteiger partial charge is 0.328 e. The van der Waals surface area contributed by atoms with Crippen molar-refractivity contribution < 1.29 is 32.3 Å². The first-order valence-electron chi connectivity index (χ1n) is 9.37. The van der Waals surface area contributed by atoms with Crippen LogP contribution in [0.2, 0.25) is 0 Å². The molecule has 4 rings (SSSR count). The molecule has 32 heavy (non-hydrogen) atoms. The Morgan fingerprint density at radius 1 is 1.06 bits per heavy atom.